The van der Waals surface area contributed by atoms with Gasteiger partial charge in [-0.2, -0.15) is 0 Å². The van der Waals surface area contributed by atoms with E-state index in [4.69, 9.17) is 11.6 Å². The molecular weight excluding hydrogens is 256 g/mol. The third-order valence-corrected chi connectivity index (χ3v) is 2.99. The summed E-state index contributed by atoms with van der Waals surface area (Å²) in [5.41, 5.74) is 2.79. The molecule has 1 aromatic heterocycles. The Balaban J connectivity index is 2.61. The molecule has 2 aromatic rings. The van der Waals surface area contributed by atoms with Gasteiger partial charge in [-0.25, -0.2) is 4.68 Å². The molecule has 0 saturated carbocycles. The largest absolute Gasteiger partial charge is 0.295 e. The van der Waals surface area contributed by atoms with E-state index in [0.29, 0.717) is 11.4 Å². The van der Waals surface area contributed by atoms with Crippen molar-refractivity contribution in [3.63, 3.8) is 0 Å². The predicted molar refractivity (Wildman–Crippen MR) is 67.0 cm³/mol. The van der Waals surface area contributed by atoms with E-state index in [9.17, 15) is 10.1 Å². The number of aryl methyl sites for hydroxylation is 2. The number of aromatic nitrogens is 3. The van der Waals surface area contributed by atoms with Crippen molar-refractivity contribution in [2.75, 3.05) is 0 Å². The Hall–Kier alpha value is -1.95. The van der Waals surface area contributed by atoms with Crippen LogP contribution < -0.4 is 0 Å². The summed E-state index contributed by atoms with van der Waals surface area (Å²) in [7, 11) is 0. The number of nitrogens with zero attached hydrogens (tertiary/aromatic N) is 4. The summed E-state index contributed by atoms with van der Waals surface area (Å²) in [5, 5.41) is 18.7. The number of hydrogen-bond donors (Lipinski definition) is 0. The van der Waals surface area contributed by atoms with Crippen LogP contribution >= 0.6 is 11.6 Å². The molecule has 0 fully saturated rings. The average molecular weight is 267 g/mol. The van der Waals surface area contributed by atoms with Gasteiger partial charge in [-0.15, -0.1) is 16.7 Å². The van der Waals surface area contributed by atoms with Crippen LogP contribution in [-0.4, -0.2) is 19.9 Å². The molecule has 1 heterocycles. The van der Waals surface area contributed by atoms with E-state index in [2.05, 4.69) is 10.3 Å². The predicted octanol–water partition coefficient (Wildman–Crippen LogP) is 2.53. The highest BCUT2D eigenvalue weighted by Gasteiger charge is 2.18. The molecule has 0 N–H and O–H groups in total. The Labute approximate surface area is 108 Å². The van der Waals surface area contributed by atoms with E-state index in [0.717, 1.165) is 11.1 Å². The van der Waals surface area contributed by atoms with Crippen molar-refractivity contribution in [1.29, 1.82) is 0 Å². The van der Waals surface area contributed by atoms with Crippen LogP contribution in [0.25, 0.3) is 5.69 Å². The molecule has 94 valence electrons. The molecule has 0 spiro atoms. The fraction of sp³-hybridized carbons (Fsp3) is 0.273. The van der Waals surface area contributed by atoms with Gasteiger partial charge in [0.05, 0.1) is 22.7 Å². The van der Waals surface area contributed by atoms with Crippen LogP contribution in [0.2, 0.25) is 0 Å². The molecule has 0 bridgehead atoms. The smallest absolute Gasteiger partial charge is 0.258 e. The van der Waals surface area contributed by atoms with Gasteiger partial charge in [-0.3, -0.25) is 10.1 Å². The first-order valence-electron chi connectivity index (χ1n) is 5.26. The number of nitro groups is 1. The van der Waals surface area contributed by atoms with Gasteiger partial charge in [-0.05, 0) is 31.0 Å². The fourth-order valence-corrected chi connectivity index (χ4v) is 1.72. The normalized spacial score (nSPS) is 10.6. The lowest BCUT2D eigenvalue weighted by molar-refractivity contribution is -0.384. The van der Waals surface area contributed by atoms with Crippen molar-refractivity contribution < 1.29 is 4.92 Å². The Morgan fingerprint density at radius 2 is 2.06 bits per heavy atom. The first kappa shape index (κ1) is 12.5. The molecular formula is C11H11ClN4O2. The SMILES string of the molecule is Cc1cc(-n2cc(CCl)nn2)c([N+](=O)[O-])cc1C. The lowest BCUT2D eigenvalue weighted by atomic mass is 10.1. The van der Waals surface area contributed by atoms with Gasteiger partial charge in [0.15, 0.2) is 0 Å². The minimum atomic E-state index is -0.427. The minimum absolute atomic E-state index is 0.00382. The van der Waals surface area contributed by atoms with Gasteiger partial charge < -0.3 is 0 Å². The highest BCUT2D eigenvalue weighted by Crippen LogP contribution is 2.26. The molecule has 2 rings (SSSR count). The molecule has 0 aliphatic carbocycles. The van der Waals surface area contributed by atoms with E-state index in [1.807, 2.05) is 13.8 Å². The summed E-state index contributed by atoms with van der Waals surface area (Å²) in [6, 6.07) is 3.26. The van der Waals surface area contributed by atoms with Gasteiger partial charge in [0, 0.05) is 6.07 Å². The van der Waals surface area contributed by atoms with Gasteiger partial charge >= 0.3 is 0 Å². The number of alkyl halides is 1. The molecule has 0 atom stereocenters. The molecule has 7 heteroatoms. The fourth-order valence-electron chi connectivity index (χ4n) is 1.59. The molecule has 0 aliphatic heterocycles. The van der Waals surface area contributed by atoms with Gasteiger partial charge in [0.1, 0.15) is 5.69 Å². The van der Waals surface area contributed by atoms with E-state index in [1.54, 1.807) is 12.3 Å². The van der Waals surface area contributed by atoms with E-state index >= 15 is 0 Å². The molecule has 0 unspecified atom stereocenters. The third kappa shape index (κ3) is 2.19. The van der Waals surface area contributed by atoms with Crippen LogP contribution in [0.15, 0.2) is 18.3 Å². The summed E-state index contributed by atoms with van der Waals surface area (Å²) in [6.07, 6.45) is 1.59. The molecule has 0 aliphatic rings. The average Bonchev–Trinajstić information content (AvgIpc) is 2.80. The summed E-state index contributed by atoms with van der Waals surface area (Å²) < 4.78 is 1.38. The van der Waals surface area contributed by atoms with Crippen molar-refractivity contribution in [3.05, 3.63) is 45.3 Å². The lowest BCUT2D eigenvalue weighted by Crippen LogP contribution is -2.02. The zero-order chi connectivity index (χ0) is 13.3. The van der Waals surface area contributed by atoms with Crippen LogP contribution in [0, 0.1) is 24.0 Å². The number of halogens is 1. The van der Waals surface area contributed by atoms with E-state index < -0.39 is 4.92 Å². The van der Waals surface area contributed by atoms with Gasteiger partial charge in [-0.1, -0.05) is 5.21 Å². The van der Waals surface area contributed by atoms with Crippen molar-refractivity contribution in [1.82, 2.24) is 15.0 Å². The number of benzene rings is 1. The molecule has 1 aromatic carbocycles. The van der Waals surface area contributed by atoms with Crippen LogP contribution in [-0.2, 0) is 5.88 Å². The Bertz CT molecular complexity index is 609. The van der Waals surface area contributed by atoms with Gasteiger partial charge in [0.25, 0.3) is 5.69 Å². The topological polar surface area (TPSA) is 73.8 Å². The summed E-state index contributed by atoms with van der Waals surface area (Å²) >= 11 is 5.64. The molecule has 18 heavy (non-hydrogen) atoms. The second kappa shape index (κ2) is 4.73. The van der Waals surface area contributed by atoms with E-state index in [1.165, 1.54) is 10.7 Å². The van der Waals surface area contributed by atoms with Crippen LogP contribution in [0.5, 0.6) is 0 Å². The zero-order valence-electron chi connectivity index (χ0n) is 9.92. The van der Waals surface area contributed by atoms with Crippen LogP contribution in [0.1, 0.15) is 16.8 Å². The minimum Gasteiger partial charge on any atom is -0.258 e. The van der Waals surface area contributed by atoms with Gasteiger partial charge in [0.2, 0.25) is 0 Å². The number of hydrogen-bond acceptors (Lipinski definition) is 4. The molecule has 6 nitrogen and oxygen atoms in total. The Kier molecular flexibility index (Phi) is 3.29. The van der Waals surface area contributed by atoms with E-state index in [-0.39, 0.29) is 11.6 Å². The Morgan fingerprint density at radius 1 is 1.39 bits per heavy atom. The maximum atomic E-state index is 11.1. The first-order valence-corrected chi connectivity index (χ1v) is 5.79. The second-order valence-corrected chi connectivity index (χ2v) is 4.24. The van der Waals surface area contributed by atoms with Crippen molar-refractivity contribution >= 4 is 17.3 Å². The van der Waals surface area contributed by atoms with Crippen LogP contribution in [0.3, 0.4) is 0 Å². The quantitative estimate of drug-likeness (QED) is 0.486. The van der Waals surface area contributed by atoms with Crippen molar-refractivity contribution in [3.8, 4) is 5.69 Å². The highest BCUT2D eigenvalue weighted by molar-refractivity contribution is 6.16. The second-order valence-electron chi connectivity index (χ2n) is 3.97. The lowest BCUT2D eigenvalue weighted by Gasteiger charge is -2.06. The number of rotatable bonds is 3. The number of nitro benzene ring substituents is 1. The summed E-state index contributed by atoms with van der Waals surface area (Å²) in [5.74, 6) is 0.221. The molecule has 0 saturated heterocycles. The first-order chi connectivity index (χ1) is 8.52. The maximum absolute atomic E-state index is 11.1. The molecule has 0 radical (unpaired) electrons. The Morgan fingerprint density at radius 3 is 2.61 bits per heavy atom. The zero-order valence-corrected chi connectivity index (χ0v) is 10.7. The standard InChI is InChI=1S/C11H11ClN4O2/c1-7-3-10(11(16(17)18)4-8(7)2)15-6-9(5-12)13-14-15/h3-4,6H,5H2,1-2H3. The van der Waals surface area contributed by atoms with Crippen molar-refractivity contribution in [2.24, 2.45) is 0 Å². The third-order valence-electron chi connectivity index (χ3n) is 2.71. The summed E-state index contributed by atoms with van der Waals surface area (Å²) in [6.45, 7) is 3.72. The van der Waals surface area contributed by atoms with Crippen molar-refractivity contribution in [2.45, 2.75) is 19.7 Å². The molecule has 0 amide bonds. The highest BCUT2D eigenvalue weighted by atomic mass is 35.5. The maximum Gasteiger partial charge on any atom is 0.295 e. The monoisotopic (exact) mass is 266 g/mol. The van der Waals surface area contributed by atoms with Crippen LogP contribution in [0.4, 0.5) is 5.69 Å². The summed E-state index contributed by atoms with van der Waals surface area (Å²) in [4.78, 5) is 10.6.